The van der Waals surface area contributed by atoms with Crippen LogP contribution in [0.1, 0.15) is 65.7 Å². The van der Waals surface area contributed by atoms with Crippen molar-refractivity contribution in [2.45, 2.75) is 71.8 Å². The first-order valence-corrected chi connectivity index (χ1v) is 7.49. The van der Waals surface area contributed by atoms with Crippen LogP contribution in [0.4, 0.5) is 0 Å². The van der Waals surface area contributed by atoms with Gasteiger partial charge in [0, 0.05) is 12.6 Å². The van der Waals surface area contributed by atoms with Crippen LogP contribution >= 0.6 is 0 Å². The van der Waals surface area contributed by atoms with Gasteiger partial charge in [-0.05, 0) is 39.7 Å². The lowest BCUT2D eigenvalue weighted by molar-refractivity contribution is -0.151. The van der Waals surface area contributed by atoms with Crippen LogP contribution in [0.5, 0.6) is 0 Å². The maximum atomic E-state index is 11.8. The van der Waals surface area contributed by atoms with Crippen molar-refractivity contribution in [3.8, 4) is 0 Å². The molecule has 0 radical (unpaired) electrons. The van der Waals surface area contributed by atoms with Gasteiger partial charge in [-0.15, -0.1) is 0 Å². The predicted octanol–water partition coefficient (Wildman–Crippen LogP) is 3.53. The zero-order valence-corrected chi connectivity index (χ0v) is 12.2. The van der Waals surface area contributed by atoms with Crippen LogP contribution in [-0.4, -0.2) is 35.1 Å². The maximum Gasteiger partial charge on any atom is 0.310 e. The molecule has 1 aliphatic carbocycles. The van der Waals surface area contributed by atoms with Crippen LogP contribution in [-0.2, 0) is 4.79 Å². The van der Waals surface area contributed by atoms with E-state index in [1.807, 2.05) is 0 Å². The van der Waals surface area contributed by atoms with Crippen LogP contribution in [0.2, 0.25) is 0 Å². The van der Waals surface area contributed by atoms with Crippen molar-refractivity contribution < 1.29 is 9.90 Å². The molecular formula is C15H29NO2. The van der Waals surface area contributed by atoms with E-state index in [4.69, 9.17) is 0 Å². The first-order chi connectivity index (χ1) is 8.52. The van der Waals surface area contributed by atoms with Crippen molar-refractivity contribution in [3.63, 3.8) is 0 Å². The highest BCUT2D eigenvalue weighted by Crippen LogP contribution is 2.36. The first kappa shape index (κ1) is 15.5. The summed E-state index contributed by atoms with van der Waals surface area (Å²) in [5.41, 5.74) is -0.490. The fraction of sp³-hybridized carbons (Fsp3) is 0.933. The summed E-state index contributed by atoms with van der Waals surface area (Å²) in [5.74, 6) is -0.578. The topological polar surface area (TPSA) is 40.5 Å². The van der Waals surface area contributed by atoms with Crippen molar-refractivity contribution in [2.24, 2.45) is 5.41 Å². The minimum absolute atomic E-state index is 0.435. The molecule has 1 saturated carbocycles. The second-order valence-electron chi connectivity index (χ2n) is 6.06. The normalized spacial score (nSPS) is 20.1. The van der Waals surface area contributed by atoms with Gasteiger partial charge in [-0.2, -0.15) is 0 Å². The van der Waals surface area contributed by atoms with E-state index in [2.05, 4.69) is 25.7 Å². The fourth-order valence-corrected chi connectivity index (χ4v) is 3.04. The van der Waals surface area contributed by atoms with Crippen molar-refractivity contribution in [2.75, 3.05) is 13.1 Å². The Morgan fingerprint density at radius 2 is 1.78 bits per heavy atom. The molecule has 3 nitrogen and oxygen atoms in total. The maximum absolute atomic E-state index is 11.8. The molecular weight excluding hydrogens is 226 g/mol. The predicted molar refractivity (Wildman–Crippen MR) is 74.8 cm³/mol. The molecule has 1 N–H and O–H groups in total. The molecule has 0 atom stereocenters. The van der Waals surface area contributed by atoms with Crippen LogP contribution in [0.15, 0.2) is 0 Å². The smallest absolute Gasteiger partial charge is 0.310 e. The molecule has 0 bridgehead atoms. The Balaban J connectivity index is 2.79. The number of carbonyl (C=O) groups is 1. The monoisotopic (exact) mass is 255 g/mol. The summed E-state index contributed by atoms with van der Waals surface area (Å²) < 4.78 is 0. The van der Waals surface area contributed by atoms with Crippen LogP contribution in [0.25, 0.3) is 0 Å². The molecule has 0 aromatic rings. The first-order valence-electron chi connectivity index (χ1n) is 7.49. The second-order valence-corrected chi connectivity index (χ2v) is 6.06. The summed E-state index contributed by atoms with van der Waals surface area (Å²) in [6.07, 6.45) is 7.35. The molecule has 0 spiro atoms. The van der Waals surface area contributed by atoms with Crippen LogP contribution < -0.4 is 0 Å². The fourth-order valence-electron chi connectivity index (χ4n) is 3.04. The van der Waals surface area contributed by atoms with Crippen molar-refractivity contribution in [1.29, 1.82) is 0 Å². The van der Waals surface area contributed by atoms with Gasteiger partial charge < -0.3 is 5.11 Å². The van der Waals surface area contributed by atoms with Crippen molar-refractivity contribution in [3.05, 3.63) is 0 Å². The highest BCUT2D eigenvalue weighted by Gasteiger charge is 2.40. The van der Waals surface area contributed by atoms with Crippen LogP contribution in [0.3, 0.4) is 0 Å². The number of rotatable bonds is 6. The Bertz CT molecular complexity index is 255. The number of carboxylic acids is 1. The third-order valence-electron chi connectivity index (χ3n) is 4.26. The highest BCUT2D eigenvalue weighted by atomic mass is 16.4. The molecule has 0 aliphatic heterocycles. The lowest BCUT2D eigenvalue weighted by atomic mass is 9.79. The summed E-state index contributed by atoms with van der Waals surface area (Å²) >= 11 is 0. The largest absolute Gasteiger partial charge is 0.481 e. The summed E-state index contributed by atoms with van der Waals surface area (Å²) in [7, 11) is 0. The van der Waals surface area contributed by atoms with E-state index in [1.165, 1.54) is 12.8 Å². The third kappa shape index (κ3) is 3.98. The van der Waals surface area contributed by atoms with E-state index in [0.717, 1.165) is 45.2 Å². The number of hydrogen-bond acceptors (Lipinski definition) is 2. The summed E-state index contributed by atoms with van der Waals surface area (Å²) in [5, 5.41) is 9.69. The molecule has 0 amide bonds. The van der Waals surface area contributed by atoms with Gasteiger partial charge in [0.1, 0.15) is 0 Å². The number of nitrogens with zero attached hydrogens (tertiary/aromatic N) is 1. The lowest BCUT2D eigenvalue weighted by Gasteiger charge is -2.36. The van der Waals surface area contributed by atoms with Gasteiger partial charge in [0.2, 0.25) is 0 Å². The summed E-state index contributed by atoms with van der Waals surface area (Å²) in [6.45, 7) is 8.24. The highest BCUT2D eigenvalue weighted by molar-refractivity contribution is 5.75. The summed E-state index contributed by atoms with van der Waals surface area (Å²) in [4.78, 5) is 14.1. The van der Waals surface area contributed by atoms with Crippen molar-refractivity contribution >= 4 is 5.97 Å². The van der Waals surface area contributed by atoms with Gasteiger partial charge in [0.15, 0.2) is 0 Å². The Morgan fingerprint density at radius 3 is 2.17 bits per heavy atom. The van der Waals surface area contributed by atoms with E-state index in [9.17, 15) is 9.90 Å². The van der Waals surface area contributed by atoms with Gasteiger partial charge in [-0.3, -0.25) is 9.69 Å². The van der Waals surface area contributed by atoms with Gasteiger partial charge in [-0.1, -0.05) is 32.6 Å². The molecule has 1 aliphatic rings. The molecule has 18 heavy (non-hydrogen) atoms. The molecule has 1 fully saturated rings. The Labute approximate surface area is 112 Å². The molecule has 0 heterocycles. The lowest BCUT2D eigenvalue weighted by Crippen LogP contribution is -2.46. The zero-order valence-electron chi connectivity index (χ0n) is 12.2. The minimum Gasteiger partial charge on any atom is -0.481 e. The van der Waals surface area contributed by atoms with E-state index in [1.54, 1.807) is 0 Å². The zero-order chi connectivity index (χ0) is 13.6. The van der Waals surface area contributed by atoms with Gasteiger partial charge in [0.05, 0.1) is 5.41 Å². The minimum atomic E-state index is -0.578. The molecule has 3 heteroatoms. The average Bonchev–Trinajstić information content (AvgIpc) is 2.55. The van der Waals surface area contributed by atoms with E-state index in [-0.39, 0.29) is 0 Å². The second kappa shape index (κ2) is 7.13. The Kier molecular flexibility index (Phi) is 6.13. The van der Waals surface area contributed by atoms with E-state index >= 15 is 0 Å². The van der Waals surface area contributed by atoms with Gasteiger partial charge >= 0.3 is 5.97 Å². The molecule has 1 rings (SSSR count). The SMILES string of the molecule is CCCN(CC1(C(=O)O)CCCCCC1)C(C)C. The quantitative estimate of drug-likeness (QED) is 0.738. The van der Waals surface area contributed by atoms with Crippen molar-refractivity contribution in [1.82, 2.24) is 4.90 Å². The van der Waals surface area contributed by atoms with E-state index < -0.39 is 11.4 Å². The Morgan fingerprint density at radius 1 is 1.22 bits per heavy atom. The molecule has 0 aromatic heterocycles. The van der Waals surface area contributed by atoms with Crippen LogP contribution in [0, 0.1) is 5.41 Å². The standard InChI is InChI=1S/C15H29NO2/c1-4-11-16(13(2)3)12-15(14(17)18)9-7-5-6-8-10-15/h13H,4-12H2,1-3H3,(H,17,18). The number of carboxylic acid groups (broad SMARTS) is 1. The average molecular weight is 255 g/mol. The molecule has 0 aromatic carbocycles. The van der Waals surface area contributed by atoms with Gasteiger partial charge in [-0.25, -0.2) is 0 Å². The molecule has 106 valence electrons. The summed E-state index contributed by atoms with van der Waals surface area (Å²) in [6, 6.07) is 0.435. The molecule has 0 saturated heterocycles. The number of aliphatic carboxylic acids is 1. The van der Waals surface area contributed by atoms with Gasteiger partial charge in [0.25, 0.3) is 0 Å². The molecule has 0 unspecified atom stereocenters. The third-order valence-corrected chi connectivity index (χ3v) is 4.26. The number of hydrogen-bond donors (Lipinski definition) is 1. The Hall–Kier alpha value is -0.570. The van der Waals surface area contributed by atoms with E-state index in [0.29, 0.717) is 6.04 Å².